The minimum atomic E-state index is -4.62. The zero-order chi connectivity index (χ0) is 17.0. The SMILES string of the molecule is CCCOc1ncc(C(F)(F)F)c(N(C)c2ccc(F)cc2)n1. The number of halogens is 4. The minimum Gasteiger partial charge on any atom is -0.463 e. The van der Waals surface area contributed by atoms with Gasteiger partial charge in [-0.15, -0.1) is 0 Å². The number of benzene rings is 1. The molecule has 0 saturated heterocycles. The molecule has 0 unspecified atom stereocenters. The van der Waals surface area contributed by atoms with Crippen molar-refractivity contribution in [3.8, 4) is 6.01 Å². The van der Waals surface area contributed by atoms with Crippen LogP contribution >= 0.6 is 0 Å². The number of hydrogen-bond donors (Lipinski definition) is 0. The summed E-state index contributed by atoms with van der Waals surface area (Å²) in [7, 11) is 1.41. The van der Waals surface area contributed by atoms with Gasteiger partial charge in [-0.25, -0.2) is 9.37 Å². The lowest BCUT2D eigenvalue weighted by atomic mass is 10.2. The lowest BCUT2D eigenvalue weighted by Gasteiger charge is -2.22. The highest BCUT2D eigenvalue weighted by atomic mass is 19.4. The van der Waals surface area contributed by atoms with E-state index in [0.29, 0.717) is 24.9 Å². The summed E-state index contributed by atoms with van der Waals surface area (Å²) < 4.78 is 57.7. The molecule has 4 nitrogen and oxygen atoms in total. The van der Waals surface area contributed by atoms with Crippen molar-refractivity contribution >= 4 is 11.5 Å². The van der Waals surface area contributed by atoms with E-state index in [1.165, 1.54) is 24.1 Å². The highest BCUT2D eigenvalue weighted by molar-refractivity contribution is 5.62. The molecule has 0 saturated carbocycles. The number of anilines is 2. The molecule has 1 heterocycles. The van der Waals surface area contributed by atoms with Crippen LogP contribution in [0.4, 0.5) is 29.1 Å². The topological polar surface area (TPSA) is 38.2 Å². The Morgan fingerprint density at radius 2 is 1.83 bits per heavy atom. The van der Waals surface area contributed by atoms with Gasteiger partial charge in [-0.3, -0.25) is 0 Å². The van der Waals surface area contributed by atoms with Gasteiger partial charge < -0.3 is 9.64 Å². The first-order chi connectivity index (χ1) is 10.8. The summed E-state index contributed by atoms with van der Waals surface area (Å²) in [6.45, 7) is 2.15. The fraction of sp³-hybridized carbons (Fsp3) is 0.333. The third kappa shape index (κ3) is 4.08. The fourth-order valence-corrected chi connectivity index (χ4v) is 1.86. The van der Waals surface area contributed by atoms with Crippen molar-refractivity contribution in [2.75, 3.05) is 18.6 Å². The Morgan fingerprint density at radius 1 is 1.17 bits per heavy atom. The van der Waals surface area contributed by atoms with Crippen LogP contribution in [0.2, 0.25) is 0 Å². The average molecular weight is 329 g/mol. The molecule has 0 bridgehead atoms. The van der Waals surface area contributed by atoms with Crippen LogP contribution in [0.15, 0.2) is 30.5 Å². The molecule has 23 heavy (non-hydrogen) atoms. The molecule has 1 aromatic heterocycles. The van der Waals surface area contributed by atoms with Crippen LogP contribution in [0.3, 0.4) is 0 Å². The summed E-state index contributed by atoms with van der Waals surface area (Å²) in [5, 5.41) is 0. The van der Waals surface area contributed by atoms with Crippen molar-refractivity contribution in [2.45, 2.75) is 19.5 Å². The lowest BCUT2D eigenvalue weighted by molar-refractivity contribution is -0.137. The van der Waals surface area contributed by atoms with Crippen molar-refractivity contribution in [1.29, 1.82) is 0 Å². The molecule has 8 heteroatoms. The molecular weight excluding hydrogens is 314 g/mol. The zero-order valence-corrected chi connectivity index (χ0v) is 12.6. The summed E-state index contributed by atoms with van der Waals surface area (Å²) in [6.07, 6.45) is -3.26. The number of nitrogens with zero attached hydrogens (tertiary/aromatic N) is 3. The molecule has 0 fully saturated rings. The van der Waals surface area contributed by atoms with Gasteiger partial charge in [0.15, 0.2) is 5.82 Å². The van der Waals surface area contributed by atoms with E-state index in [-0.39, 0.29) is 11.8 Å². The first-order valence-corrected chi connectivity index (χ1v) is 6.89. The van der Waals surface area contributed by atoms with Crippen LogP contribution in [0.5, 0.6) is 6.01 Å². The van der Waals surface area contributed by atoms with E-state index in [9.17, 15) is 17.6 Å². The second-order valence-corrected chi connectivity index (χ2v) is 4.77. The third-order valence-electron chi connectivity index (χ3n) is 3.02. The van der Waals surface area contributed by atoms with Crippen molar-refractivity contribution in [3.05, 3.63) is 41.8 Å². The van der Waals surface area contributed by atoms with E-state index in [2.05, 4.69) is 9.97 Å². The Bertz CT molecular complexity index is 659. The maximum absolute atomic E-state index is 13.2. The Labute approximate surface area is 130 Å². The van der Waals surface area contributed by atoms with Gasteiger partial charge in [0.05, 0.1) is 6.61 Å². The summed E-state index contributed by atoms with van der Waals surface area (Å²) >= 11 is 0. The highest BCUT2D eigenvalue weighted by Crippen LogP contribution is 2.37. The Kier molecular flexibility index (Phi) is 5.02. The van der Waals surface area contributed by atoms with E-state index < -0.39 is 17.6 Å². The van der Waals surface area contributed by atoms with Crippen molar-refractivity contribution < 1.29 is 22.3 Å². The monoisotopic (exact) mass is 329 g/mol. The van der Waals surface area contributed by atoms with Gasteiger partial charge in [-0.1, -0.05) is 6.92 Å². The summed E-state index contributed by atoms with van der Waals surface area (Å²) in [5.41, 5.74) is -0.634. The van der Waals surface area contributed by atoms with Gasteiger partial charge in [0, 0.05) is 18.9 Å². The third-order valence-corrected chi connectivity index (χ3v) is 3.02. The largest absolute Gasteiger partial charge is 0.463 e. The van der Waals surface area contributed by atoms with Gasteiger partial charge in [-0.05, 0) is 30.7 Å². The number of hydrogen-bond acceptors (Lipinski definition) is 4. The molecule has 2 rings (SSSR count). The minimum absolute atomic E-state index is 0.135. The molecule has 2 aromatic rings. The van der Waals surface area contributed by atoms with Crippen LogP contribution in [-0.2, 0) is 6.18 Å². The normalized spacial score (nSPS) is 11.4. The first kappa shape index (κ1) is 17.0. The molecule has 1 aromatic carbocycles. The Morgan fingerprint density at radius 3 is 2.39 bits per heavy atom. The van der Waals surface area contributed by atoms with E-state index in [0.717, 1.165) is 12.1 Å². The van der Waals surface area contributed by atoms with Gasteiger partial charge in [0.25, 0.3) is 0 Å². The van der Waals surface area contributed by atoms with Crippen LogP contribution in [0.25, 0.3) is 0 Å². The molecule has 0 aliphatic rings. The maximum Gasteiger partial charge on any atom is 0.421 e. The molecule has 0 N–H and O–H groups in total. The smallest absolute Gasteiger partial charge is 0.421 e. The van der Waals surface area contributed by atoms with E-state index in [4.69, 9.17) is 4.74 Å². The first-order valence-electron chi connectivity index (χ1n) is 6.89. The quantitative estimate of drug-likeness (QED) is 0.771. The number of ether oxygens (including phenoxy) is 1. The van der Waals surface area contributed by atoms with Crippen molar-refractivity contribution in [3.63, 3.8) is 0 Å². The van der Waals surface area contributed by atoms with Gasteiger partial charge >= 0.3 is 12.2 Å². The predicted molar refractivity (Wildman–Crippen MR) is 77.3 cm³/mol. The molecular formula is C15H15F4N3O. The van der Waals surface area contributed by atoms with Gasteiger partial charge in [0.1, 0.15) is 11.4 Å². The van der Waals surface area contributed by atoms with Gasteiger partial charge in [0.2, 0.25) is 0 Å². The fourth-order valence-electron chi connectivity index (χ4n) is 1.86. The second-order valence-electron chi connectivity index (χ2n) is 4.77. The molecule has 0 amide bonds. The molecule has 0 atom stereocenters. The maximum atomic E-state index is 13.2. The van der Waals surface area contributed by atoms with E-state index >= 15 is 0 Å². The van der Waals surface area contributed by atoms with Crippen molar-refractivity contribution in [2.24, 2.45) is 0 Å². The van der Waals surface area contributed by atoms with Crippen LogP contribution in [0.1, 0.15) is 18.9 Å². The Hall–Kier alpha value is -2.38. The summed E-state index contributed by atoms with van der Waals surface area (Å²) in [4.78, 5) is 8.66. The molecule has 0 aliphatic heterocycles. The van der Waals surface area contributed by atoms with Gasteiger partial charge in [-0.2, -0.15) is 18.2 Å². The van der Waals surface area contributed by atoms with Crippen LogP contribution < -0.4 is 9.64 Å². The zero-order valence-electron chi connectivity index (χ0n) is 12.6. The lowest BCUT2D eigenvalue weighted by Crippen LogP contribution is -2.19. The molecule has 124 valence electrons. The summed E-state index contributed by atoms with van der Waals surface area (Å²) in [5.74, 6) is -0.835. The highest BCUT2D eigenvalue weighted by Gasteiger charge is 2.36. The van der Waals surface area contributed by atoms with Crippen LogP contribution in [-0.4, -0.2) is 23.6 Å². The number of aromatic nitrogens is 2. The molecule has 0 spiro atoms. The van der Waals surface area contributed by atoms with Crippen molar-refractivity contribution in [1.82, 2.24) is 9.97 Å². The Balaban J connectivity index is 2.45. The van der Waals surface area contributed by atoms with E-state index in [1.54, 1.807) is 0 Å². The average Bonchev–Trinajstić information content (AvgIpc) is 2.51. The second kappa shape index (κ2) is 6.80. The predicted octanol–water partition coefficient (Wildman–Crippen LogP) is 4.19. The van der Waals surface area contributed by atoms with E-state index in [1.807, 2.05) is 6.92 Å². The molecule has 0 radical (unpaired) electrons. The number of alkyl halides is 3. The standard InChI is InChI=1S/C15H15F4N3O/c1-3-8-23-14-20-9-12(15(17,18)19)13(21-14)22(2)11-6-4-10(16)5-7-11/h4-7,9H,3,8H2,1-2H3. The number of rotatable bonds is 5. The van der Waals surface area contributed by atoms with Crippen LogP contribution in [0, 0.1) is 5.82 Å². The molecule has 0 aliphatic carbocycles. The summed E-state index contributed by atoms with van der Waals surface area (Å²) in [6, 6.07) is 4.92.